The third-order valence-corrected chi connectivity index (χ3v) is 2.66. The van der Waals surface area contributed by atoms with Gasteiger partial charge in [0.1, 0.15) is 6.61 Å². The molecule has 0 bridgehead atoms. The van der Waals surface area contributed by atoms with E-state index in [9.17, 15) is 9.59 Å². The van der Waals surface area contributed by atoms with Crippen molar-refractivity contribution >= 4 is 11.9 Å². The Morgan fingerprint density at radius 2 is 2.00 bits per heavy atom. The first-order valence-electron chi connectivity index (χ1n) is 5.81. The van der Waals surface area contributed by atoms with Gasteiger partial charge in [0.25, 0.3) is 0 Å². The Balaban J connectivity index is 1.89. The second-order valence-electron chi connectivity index (χ2n) is 4.35. The van der Waals surface area contributed by atoms with Crippen molar-refractivity contribution in [1.29, 1.82) is 0 Å². The fraction of sp³-hybridized carbons (Fsp3) is 0.286. The molecule has 2 rings (SSSR count). The van der Waals surface area contributed by atoms with E-state index in [0.717, 1.165) is 11.1 Å². The largest absolute Gasteiger partial charge is 0.445 e. The number of rotatable bonds is 2. The number of carbonyl (C=O) groups is 2. The lowest BCUT2D eigenvalue weighted by atomic mass is 10.1. The SMILES string of the molecule is CC1=CC(=O)CN(C(=O)OCc2ccccc2)C1. The minimum Gasteiger partial charge on any atom is -0.445 e. The summed E-state index contributed by atoms with van der Waals surface area (Å²) in [6.07, 6.45) is 1.13. The van der Waals surface area contributed by atoms with E-state index in [1.807, 2.05) is 37.3 Å². The van der Waals surface area contributed by atoms with Gasteiger partial charge in [-0.2, -0.15) is 0 Å². The zero-order chi connectivity index (χ0) is 13.0. The van der Waals surface area contributed by atoms with Gasteiger partial charge in [0, 0.05) is 6.54 Å². The number of ketones is 1. The van der Waals surface area contributed by atoms with Crippen molar-refractivity contribution < 1.29 is 14.3 Å². The van der Waals surface area contributed by atoms with E-state index >= 15 is 0 Å². The molecule has 0 N–H and O–H groups in total. The van der Waals surface area contributed by atoms with Crippen molar-refractivity contribution in [2.75, 3.05) is 13.1 Å². The van der Waals surface area contributed by atoms with Crippen molar-refractivity contribution in [3.05, 3.63) is 47.5 Å². The number of ether oxygens (including phenoxy) is 1. The molecule has 4 heteroatoms. The van der Waals surface area contributed by atoms with Crippen LogP contribution in [0.3, 0.4) is 0 Å². The first-order valence-corrected chi connectivity index (χ1v) is 5.81. The number of nitrogens with zero attached hydrogens (tertiary/aromatic N) is 1. The van der Waals surface area contributed by atoms with Gasteiger partial charge in [-0.3, -0.25) is 9.69 Å². The summed E-state index contributed by atoms with van der Waals surface area (Å²) < 4.78 is 5.17. The molecule has 18 heavy (non-hydrogen) atoms. The summed E-state index contributed by atoms with van der Waals surface area (Å²) in [5.74, 6) is -0.0598. The average Bonchev–Trinajstić information content (AvgIpc) is 2.36. The van der Waals surface area contributed by atoms with E-state index in [-0.39, 0.29) is 18.9 Å². The van der Waals surface area contributed by atoms with E-state index < -0.39 is 6.09 Å². The molecule has 0 aromatic heterocycles. The smallest absolute Gasteiger partial charge is 0.410 e. The van der Waals surface area contributed by atoms with Crippen LogP contribution < -0.4 is 0 Å². The molecule has 0 unspecified atom stereocenters. The summed E-state index contributed by atoms with van der Waals surface area (Å²) in [5, 5.41) is 0. The molecule has 1 aliphatic rings. The van der Waals surface area contributed by atoms with Gasteiger partial charge in [-0.1, -0.05) is 35.9 Å². The van der Waals surface area contributed by atoms with Crippen LogP contribution in [0.25, 0.3) is 0 Å². The molecule has 0 radical (unpaired) electrons. The Morgan fingerprint density at radius 1 is 1.28 bits per heavy atom. The highest BCUT2D eigenvalue weighted by Crippen LogP contribution is 2.09. The molecule has 4 nitrogen and oxygen atoms in total. The Morgan fingerprint density at radius 3 is 2.67 bits per heavy atom. The van der Waals surface area contributed by atoms with Crippen LogP contribution in [0.1, 0.15) is 12.5 Å². The molecule has 0 saturated carbocycles. The van der Waals surface area contributed by atoms with Crippen LogP contribution in [-0.4, -0.2) is 29.9 Å². The lowest BCUT2D eigenvalue weighted by Crippen LogP contribution is -2.39. The molecular weight excluding hydrogens is 230 g/mol. The van der Waals surface area contributed by atoms with Gasteiger partial charge in [-0.25, -0.2) is 4.79 Å². The minimum absolute atomic E-state index is 0.0598. The summed E-state index contributed by atoms with van der Waals surface area (Å²) >= 11 is 0. The van der Waals surface area contributed by atoms with Crippen molar-refractivity contribution in [2.45, 2.75) is 13.5 Å². The van der Waals surface area contributed by atoms with Crippen molar-refractivity contribution in [3.8, 4) is 0 Å². The van der Waals surface area contributed by atoms with Crippen LogP contribution in [0.15, 0.2) is 42.0 Å². The van der Waals surface area contributed by atoms with Crippen LogP contribution in [0.2, 0.25) is 0 Å². The third kappa shape index (κ3) is 3.20. The van der Waals surface area contributed by atoms with Crippen molar-refractivity contribution in [3.63, 3.8) is 0 Å². The van der Waals surface area contributed by atoms with Gasteiger partial charge in [0.2, 0.25) is 0 Å². The standard InChI is InChI=1S/C14H15NO3/c1-11-7-13(16)9-15(8-11)14(17)18-10-12-5-3-2-4-6-12/h2-7H,8-10H2,1H3. The number of benzene rings is 1. The van der Waals surface area contributed by atoms with Crippen LogP contribution in [0, 0.1) is 0 Å². The molecule has 0 aliphatic carbocycles. The van der Waals surface area contributed by atoms with E-state index in [2.05, 4.69) is 0 Å². The Labute approximate surface area is 106 Å². The minimum atomic E-state index is -0.445. The van der Waals surface area contributed by atoms with E-state index in [4.69, 9.17) is 4.74 Å². The summed E-state index contributed by atoms with van der Waals surface area (Å²) in [7, 11) is 0. The van der Waals surface area contributed by atoms with Crippen LogP contribution in [0.4, 0.5) is 4.79 Å². The second kappa shape index (κ2) is 5.49. The highest BCUT2D eigenvalue weighted by Gasteiger charge is 2.21. The lowest BCUT2D eigenvalue weighted by Gasteiger charge is -2.24. The second-order valence-corrected chi connectivity index (χ2v) is 4.35. The normalized spacial score (nSPS) is 15.3. The van der Waals surface area contributed by atoms with E-state index in [1.165, 1.54) is 4.90 Å². The zero-order valence-corrected chi connectivity index (χ0v) is 10.3. The molecule has 0 spiro atoms. The quantitative estimate of drug-likeness (QED) is 0.802. The monoisotopic (exact) mass is 245 g/mol. The molecular formula is C14H15NO3. The maximum Gasteiger partial charge on any atom is 0.410 e. The summed E-state index contributed by atoms with van der Waals surface area (Å²) in [6.45, 7) is 2.62. The molecule has 1 aromatic carbocycles. The number of hydrogen-bond donors (Lipinski definition) is 0. The molecule has 0 fully saturated rings. The van der Waals surface area contributed by atoms with Gasteiger partial charge in [-0.15, -0.1) is 0 Å². The number of hydrogen-bond acceptors (Lipinski definition) is 3. The van der Waals surface area contributed by atoms with Gasteiger partial charge in [-0.05, 0) is 18.6 Å². The summed E-state index contributed by atoms with van der Waals surface area (Å²) in [5.41, 5.74) is 1.81. The van der Waals surface area contributed by atoms with Crippen molar-refractivity contribution in [2.24, 2.45) is 0 Å². The van der Waals surface area contributed by atoms with Gasteiger partial charge < -0.3 is 4.74 Å². The Kier molecular flexibility index (Phi) is 3.77. The maximum absolute atomic E-state index is 11.8. The number of amides is 1. The van der Waals surface area contributed by atoms with Gasteiger partial charge in [0.05, 0.1) is 6.54 Å². The van der Waals surface area contributed by atoms with Gasteiger partial charge >= 0.3 is 6.09 Å². The highest BCUT2D eigenvalue weighted by molar-refractivity contribution is 5.95. The lowest BCUT2D eigenvalue weighted by molar-refractivity contribution is -0.116. The first kappa shape index (κ1) is 12.4. The molecule has 0 saturated heterocycles. The van der Waals surface area contributed by atoms with Crippen molar-refractivity contribution in [1.82, 2.24) is 4.90 Å². The first-order chi connectivity index (χ1) is 8.65. The maximum atomic E-state index is 11.8. The topological polar surface area (TPSA) is 46.6 Å². The third-order valence-electron chi connectivity index (χ3n) is 2.66. The molecule has 0 atom stereocenters. The molecule has 1 heterocycles. The van der Waals surface area contributed by atoms with Crippen LogP contribution in [-0.2, 0) is 16.1 Å². The Hall–Kier alpha value is -2.10. The van der Waals surface area contributed by atoms with Gasteiger partial charge in [0.15, 0.2) is 5.78 Å². The summed E-state index contributed by atoms with van der Waals surface area (Å²) in [6, 6.07) is 9.46. The fourth-order valence-electron chi connectivity index (χ4n) is 1.85. The predicted octanol–water partition coefficient (Wildman–Crippen LogP) is 2.15. The molecule has 1 aromatic rings. The highest BCUT2D eigenvalue weighted by atomic mass is 16.6. The van der Waals surface area contributed by atoms with E-state index in [1.54, 1.807) is 6.08 Å². The predicted molar refractivity (Wildman–Crippen MR) is 67.0 cm³/mol. The van der Waals surface area contributed by atoms with Crippen LogP contribution >= 0.6 is 0 Å². The molecule has 1 amide bonds. The number of carbonyl (C=O) groups excluding carboxylic acids is 2. The van der Waals surface area contributed by atoms with Crippen LogP contribution in [0.5, 0.6) is 0 Å². The zero-order valence-electron chi connectivity index (χ0n) is 10.3. The Bertz CT molecular complexity index is 479. The van der Waals surface area contributed by atoms with E-state index in [0.29, 0.717) is 6.54 Å². The molecule has 94 valence electrons. The molecule has 1 aliphatic heterocycles. The average molecular weight is 245 g/mol. The fourth-order valence-corrected chi connectivity index (χ4v) is 1.85. The summed E-state index contributed by atoms with van der Waals surface area (Å²) in [4.78, 5) is 24.5.